The molecule has 0 spiro atoms. The monoisotopic (exact) mass is 195 g/mol. The molecule has 0 fully saturated rings. The van der Waals surface area contributed by atoms with Crippen LogP contribution in [0.25, 0.3) is 0 Å². The van der Waals surface area contributed by atoms with Crippen molar-refractivity contribution in [2.45, 2.75) is 24.8 Å². The van der Waals surface area contributed by atoms with Crippen molar-refractivity contribution in [2.75, 3.05) is 12.8 Å². The Morgan fingerprint density at radius 3 is 2.69 bits per heavy atom. The number of nitrogens with one attached hydrogen (secondary N) is 1. The van der Waals surface area contributed by atoms with Gasteiger partial charge in [-0.15, -0.1) is 11.8 Å². The molecule has 1 unspecified atom stereocenters. The minimum Gasteiger partial charge on any atom is -0.316 e. The van der Waals surface area contributed by atoms with Gasteiger partial charge in [0.15, 0.2) is 0 Å². The van der Waals surface area contributed by atoms with E-state index in [9.17, 15) is 0 Å². The third kappa shape index (κ3) is 3.41. The number of hydrogen-bond donors (Lipinski definition) is 1. The molecule has 1 aromatic rings. The van der Waals surface area contributed by atoms with Gasteiger partial charge in [0.25, 0.3) is 0 Å². The Kier molecular flexibility index (Phi) is 4.33. The van der Waals surface area contributed by atoms with Gasteiger partial charge in [-0.3, -0.25) is 0 Å². The second-order valence-corrected chi connectivity index (χ2v) is 4.33. The molecule has 1 aromatic carbocycles. The van der Waals surface area contributed by atoms with Crippen molar-refractivity contribution in [3.8, 4) is 0 Å². The van der Waals surface area contributed by atoms with E-state index in [1.807, 2.05) is 18.8 Å². The van der Waals surface area contributed by atoms with Crippen LogP contribution in [-0.2, 0) is 0 Å². The van der Waals surface area contributed by atoms with Crippen molar-refractivity contribution in [3.63, 3.8) is 0 Å². The Hall–Kier alpha value is -0.470. The highest BCUT2D eigenvalue weighted by Crippen LogP contribution is 2.22. The third-order valence-corrected chi connectivity index (χ3v) is 3.51. The van der Waals surface area contributed by atoms with Gasteiger partial charge in [0.1, 0.15) is 0 Å². The fourth-order valence-electron chi connectivity index (χ4n) is 1.02. The lowest BCUT2D eigenvalue weighted by Crippen LogP contribution is -2.23. The molecule has 1 atom stereocenters. The van der Waals surface area contributed by atoms with Gasteiger partial charge in [-0.2, -0.15) is 0 Å². The summed E-state index contributed by atoms with van der Waals surface area (Å²) in [5, 5.41) is 3.23. The van der Waals surface area contributed by atoms with Crippen LogP contribution in [0.2, 0.25) is 0 Å². The molecule has 0 aromatic heterocycles. The maximum Gasteiger partial charge on any atom is 0.0132 e. The highest BCUT2D eigenvalue weighted by Gasteiger charge is 2.01. The average Bonchev–Trinajstić information content (AvgIpc) is 2.16. The lowest BCUT2D eigenvalue weighted by Gasteiger charge is -2.10. The Labute approximate surface area is 84.9 Å². The SMILES string of the molecule is CNC(C)CSc1ccccc1C. The predicted octanol–water partition coefficient (Wildman–Crippen LogP) is 2.70. The van der Waals surface area contributed by atoms with Gasteiger partial charge in [-0.1, -0.05) is 18.2 Å². The Morgan fingerprint density at radius 1 is 1.38 bits per heavy atom. The maximum absolute atomic E-state index is 3.23. The summed E-state index contributed by atoms with van der Waals surface area (Å²) in [4.78, 5) is 1.39. The van der Waals surface area contributed by atoms with E-state index in [0.29, 0.717) is 6.04 Å². The highest BCUT2D eigenvalue weighted by molar-refractivity contribution is 7.99. The first-order valence-electron chi connectivity index (χ1n) is 4.59. The van der Waals surface area contributed by atoms with Crippen molar-refractivity contribution < 1.29 is 0 Å². The number of hydrogen-bond acceptors (Lipinski definition) is 2. The topological polar surface area (TPSA) is 12.0 Å². The third-order valence-electron chi connectivity index (χ3n) is 2.08. The molecule has 0 saturated heterocycles. The van der Waals surface area contributed by atoms with Crippen molar-refractivity contribution in [3.05, 3.63) is 29.8 Å². The van der Waals surface area contributed by atoms with Crippen molar-refractivity contribution in [2.24, 2.45) is 0 Å². The fourth-order valence-corrected chi connectivity index (χ4v) is 2.08. The summed E-state index contributed by atoms with van der Waals surface area (Å²) in [6, 6.07) is 9.10. The van der Waals surface area contributed by atoms with Gasteiger partial charge >= 0.3 is 0 Å². The molecule has 1 rings (SSSR count). The second-order valence-electron chi connectivity index (χ2n) is 3.27. The summed E-state index contributed by atoms with van der Waals surface area (Å²) in [7, 11) is 2.00. The quantitative estimate of drug-likeness (QED) is 0.741. The fraction of sp³-hybridized carbons (Fsp3) is 0.455. The van der Waals surface area contributed by atoms with Crippen molar-refractivity contribution >= 4 is 11.8 Å². The molecular formula is C11H17NS. The van der Waals surface area contributed by atoms with Crippen LogP contribution in [0, 0.1) is 6.92 Å². The van der Waals surface area contributed by atoms with E-state index in [1.54, 1.807) is 0 Å². The smallest absolute Gasteiger partial charge is 0.0132 e. The van der Waals surface area contributed by atoms with Gasteiger partial charge in [0.2, 0.25) is 0 Å². The van der Waals surface area contributed by atoms with E-state index >= 15 is 0 Å². The Balaban J connectivity index is 2.50. The molecule has 0 aliphatic rings. The first kappa shape index (κ1) is 10.6. The highest BCUT2D eigenvalue weighted by atomic mass is 32.2. The summed E-state index contributed by atoms with van der Waals surface area (Å²) in [5.41, 5.74) is 1.37. The van der Waals surface area contributed by atoms with E-state index in [2.05, 4.69) is 43.4 Å². The normalized spacial score (nSPS) is 12.8. The van der Waals surface area contributed by atoms with Crippen LogP contribution in [0.15, 0.2) is 29.2 Å². The van der Waals surface area contributed by atoms with Gasteiger partial charge in [0, 0.05) is 16.7 Å². The van der Waals surface area contributed by atoms with Crippen molar-refractivity contribution in [1.29, 1.82) is 0 Å². The van der Waals surface area contributed by atoms with Crippen LogP contribution in [0.1, 0.15) is 12.5 Å². The van der Waals surface area contributed by atoms with Gasteiger partial charge < -0.3 is 5.32 Å². The van der Waals surface area contributed by atoms with Crippen LogP contribution in [0.4, 0.5) is 0 Å². The molecule has 13 heavy (non-hydrogen) atoms. The zero-order valence-corrected chi connectivity index (χ0v) is 9.32. The van der Waals surface area contributed by atoms with Gasteiger partial charge in [-0.25, -0.2) is 0 Å². The van der Waals surface area contributed by atoms with Crippen LogP contribution in [0.5, 0.6) is 0 Å². The molecule has 72 valence electrons. The molecule has 0 aliphatic carbocycles. The summed E-state index contributed by atoms with van der Waals surface area (Å²) >= 11 is 1.92. The molecule has 0 heterocycles. The van der Waals surface area contributed by atoms with E-state index in [-0.39, 0.29) is 0 Å². The summed E-state index contributed by atoms with van der Waals surface area (Å²) in [5.74, 6) is 1.13. The average molecular weight is 195 g/mol. The Bertz CT molecular complexity index is 260. The molecular weight excluding hydrogens is 178 g/mol. The molecule has 1 nitrogen and oxygen atoms in total. The first-order valence-corrected chi connectivity index (χ1v) is 5.58. The summed E-state index contributed by atoms with van der Waals surface area (Å²) in [6.45, 7) is 4.36. The van der Waals surface area contributed by atoms with Crippen molar-refractivity contribution in [1.82, 2.24) is 5.32 Å². The largest absolute Gasteiger partial charge is 0.316 e. The van der Waals surface area contributed by atoms with E-state index in [4.69, 9.17) is 0 Å². The van der Waals surface area contributed by atoms with Gasteiger partial charge in [0.05, 0.1) is 0 Å². The van der Waals surface area contributed by atoms with Crippen LogP contribution in [0.3, 0.4) is 0 Å². The first-order chi connectivity index (χ1) is 6.24. The zero-order valence-electron chi connectivity index (χ0n) is 8.50. The standard InChI is InChI=1S/C11H17NS/c1-9-6-4-5-7-11(9)13-8-10(2)12-3/h4-7,10,12H,8H2,1-3H3. The second kappa shape index (κ2) is 5.30. The lowest BCUT2D eigenvalue weighted by molar-refractivity contribution is 0.677. The molecule has 2 heteroatoms. The Morgan fingerprint density at radius 2 is 2.08 bits per heavy atom. The molecule has 0 amide bonds. The lowest BCUT2D eigenvalue weighted by atomic mass is 10.2. The molecule has 0 aliphatic heterocycles. The minimum atomic E-state index is 0.574. The van der Waals surface area contributed by atoms with E-state index < -0.39 is 0 Å². The van der Waals surface area contributed by atoms with E-state index in [0.717, 1.165) is 5.75 Å². The maximum atomic E-state index is 3.23. The summed E-state index contributed by atoms with van der Waals surface area (Å²) < 4.78 is 0. The van der Waals surface area contributed by atoms with Crippen LogP contribution >= 0.6 is 11.8 Å². The molecule has 0 bridgehead atoms. The zero-order chi connectivity index (χ0) is 9.68. The number of thioether (sulfide) groups is 1. The van der Waals surface area contributed by atoms with E-state index in [1.165, 1.54) is 10.5 Å². The van der Waals surface area contributed by atoms with Crippen LogP contribution < -0.4 is 5.32 Å². The molecule has 1 N–H and O–H groups in total. The van der Waals surface area contributed by atoms with Gasteiger partial charge in [-0.05, 0) is 32.5 Å². The minimum absolute atomic E-state index is 0.574. The molecule has 0 radical (unpaired) electrons. The molecule has 0 saturated carbocycles. The summed E-state index contributed by atoms with van der Waals surface area (Å²) in [6.07, 6.45) is 0. The predicted molar refractivity (Wildman–Crippen MR) is 60.4 cm³/mol. The van der Waals surface area contributed by atoms with Crippen LogP contribution in [-0.4, -0.2) is 18.8 Å². The number of benzene rings is 1. The number of rotatable bonds is 4. The number of aryl methyl sites for hydroxylation is 1.